The van der Waals surface area contributed by atoms with Gasteiger partial charge in [0, 0.05) is 26.8 Å². The van der Waals surface area contributed by atoms with E-state index in [1.165, 1.54) is 6.07 Å². The molecule has 0 amide bonds. The molecule has 1 aromatic carbocycles. The minimum Gasteiger partial charge on any atom is -0.389 e. The maximum atomic E-state index is 14.1. The normalized spacial score (nSPS) is 18.6. The molecule has 4 heteroatoms. The number of halogens is 1. The molecule has 1 atom stereocenters. The molecule has 106 valence electrons. The summed E-state index contributed by atoms with van der Waals surface area (Å²) < 4.78 is 19.2. The molecule has 1 aliphatic rings. The third-order valence-electron chi connectivity index (χ3n) is 3.81. The quantitative estimate of drug-likeness (QED) is 0.910. The monoisotopic (exact) mass is 267 g/mol. The van der Waals surface area contributed by atoms with Crippen molar-refractivity contribution >= 4 is 5.69 Å². The van der Waals surface area contributed by atoms with E-state index in [0.29, 0.717) is 17.2 Å². The fourth-order valence-electron chi connectivity index (χ4n) is 2.62. The number of nitrogens with zero attached hydrogens (tertiary/aromatic N) is 1. The lowest BCUT2D eigenvalue weighted by Gasteiger charge is -2.33. The van der Waals surface area contributed by atoms with Gasteiger partial charge in [-0.25, -0.2) is 4.39 Å². The number of methoxy groups -OCH3 is 1. The Morgan fingerprint density at radius 3 is 2.63 bits per heavy atom. The number of hydrogen-bond acceptors (Lipinski definition) is 3. The summed E-state index contributed by atoms with van der Waals surface area (Å²) in [6.07, 6.45) is 1.44. The van der Waals surface area contributed by atoms with Gasteiger partial charge in [-0.2, -0.15) is 0 Å². The highest BCUT2D eigenvalue weighted by Crippen LogP contribution is 2.27. The summed E-state index contributed by atoms with van der Waals surface area (Å²) in [5.74, 6) is 0.338. The van der Waals surface area contributed by atoms with Crippen LogP contribution in [0.15, 0.2) is 18.2 Å². The van der Waals surface area contributed by atoms with Gasteiger partial charge in [-0.1, -0.05) is 6.07 Å². The highest BCUT2D eigenvalue weighted by molar-refractivity contribution is 5.49. The van der Waals surface area contributed by atoms with E-state index in [1.807, 2.05) is 0 Å². The van der Waals surface area contributed by atoms with E-state index in [-0.39, 0.29) is 5.82 Å². The van der Waals surface area contributed by atoms with Gasteiger partial charge in [0.1, 0.15) is 5.82 Å². The molecule has 1 aliphatic heterocycles. The Morgan fingerprint density at radius 1 is 1.42 bits per heavy atom. The molecule has 0 bridgehead atoms. The fraction of sp³-hybridized carbons (Fsp3) is 0.600. The SMILES string of the molecule is COCC1CCN(c2ccc(C(C)O)cc2F)CC1. The van der Waals surface area contributed by atoms with Crippen molar-refractivity contribution in [2.45, 2.75) is 25.9 Å². The minimum absolute atomic E-state index is 0.247. The lowest BCUT2D eigenvalue weighted by molar-refractivity contribution is 0.139. The van der Waals surface area contributed by atoms with Gasteiger partial charge < -0.3 is 14.7 Å². The molecule has 0 spiro atoms. The zero-order chi connectivity index (χ0) is 13.8. The van der Waals surface area contributed by atoms with Gasteiger partial charge in [0.2, 0.25) is 0 Å². The molecule has 1 fully saturated rings. The van der Waals surface area contributed by atoms with Crippen LogP contribution in [0.3, 0.4) is 0 Å². The maximum absolute atomic E-state index is 14.1. The summed E-state index contributed by atoms with van der Waals surface area (Å²) in [6.45, 7) is 4.15. The molecule has 19 heavy (non-hydrogen) atoms. The first kappa shape index (κ1) is 14.3. The summed E-state index contributed by atoms with van der Waals surface area (Å²) in [4.78, 5) is 2.08. The number of benzene rings is 1. The van der Waals surface area contributed by atoms with Gasteiger partial charge in [-0.05, 0) is 43.4 Å². The summed E-state index contributed by atoms with van der Waals surface area (Å²) in [6, 6.07) is 5.00. The Balaban J connectivity index is 2.03. The molecule has 1 heterocycles. The fourth-order valence-corrected chi connectivity index (χ4v) is 2.62. The van der Waals surface area contributed by atoms with Crippen LogP contribution in [0.2, 0.25) is 0 Å². The zero-order valence-corrected chi connectivity index (χ0v) is 11.6. The van der Waals surface area contributed by atoms with Gasteiger partial charge in [-0.3, -0.25) is 0 Å². The number of piperidine rings is 1. The average Bonchev–Trinajstić information content (AvgIpc) is 2.40. The van der Waals surface area contributed by atoms with Gasteiger partial charge in [0.05, 0.1) is 11.8 Å². The molecular formula is C15H22FNO2. The minimum atomic E-state index is -0.629. The highest BCUT2D eigenvalue weighted by atomic mass is 19.1. The number of rotatable bonds is 4. The van der Waals surface area contributed by atoms with Crippen molar-refractivity contribution in [2.24, 2.45) is 5.92 Å². The average molecular weight is 267 g/mol. The second kappa shape index (κ2) is 6.35. The van der Waals surface area contributed by atoms with Crippen molar-refractivity contribution in [1.29, 1.82) is 0 Å². The Kier molecular flexibility index (Phi) is 4.77. The van der Waals surface area contributed by atoms with Crippen molar-refractivity contribution < 1.29 is 14.2 Å². The van der Waals surface area contributed by atoms with Crippen LogP contribution in [0, 0.1) is 11.7 Å². The van der Waals surface area contributed by atoms with Gasteiger partial charge in [0.25, 0.3) is 0 Å². The summed E-state index contributed by atoms with van der Waals surface area (Å²) in [5, 5.41) is 9.45. The van der Waals surface area contributed by atoms with E-state index in [2.05, 4.69) is 4.90 Å². The molecular weight excluding hydrogens is 245 g/mol. The van der Waals surface area contributed by atoms with Crippen LogP contribution in [-0.2, 0) is 4.74 Å². The standard InChI is InChI=1S/C15H22FNO2/c1-11(18)13-3-4-15(14(16)9-13)17-7-5-12(6-8-17)10-19-2/h3-4,9,11-12,18H,5-8,10H2,1-2H3. The molecule has 0 aliphatic carbocycles. The zero-order valence-electron chi connectivity index (χ0n) is 11.6. The van der Waals surface area contributed by atoms with Crippen molar-refractivity contribution in [3.05, 3.63) is 29.6 Å². The molecule has 1 N–H and O–H groups in total. The van der Waals surface area contributed by atoms with Crippen molar-refractivity contribution in [3.8, 4) is 0 Å². The summed E-state index contributed by atoms with van der Waals surface area (Å²) in [5.41, 5.74) is 1.26. The van der Waals surface area contributed by atoms with Crippen molar-refractivity contribution in [1.82, 2.24) is 0 Å². The van der Waals surface area contributed by atoms with E-state index < -0.39 is 6.10 Å². The predicted molar refractivity (Wildman–Crippen MR) is 73.8 cm³/mol. The molecule has 0 saturated carbocycles. The molecule has 1 unspecified atom stereocenters. The smallest absolute Gasteiger partial charge is 0.146 e. The highest BCUT2D eigenvalue weighted by Gasteiger charge is 2.21. The number of aliphatic hydroxyl groups excluding tert-OH is 1. The predicted octanol–water partition coefficient (Wildman–Crippen LogP) is 2.74. The van der Waals surface area contributed by atoms with Crippen LogP contribution in [-0.4, -0.2) is 31.9 Å². The van der Waals surface area contributed by atoms with E-state index in [9.17, 15) is 9.50 Å². The van der Waals surface area contributed by atoms with E-state index >= 15 is 0 Å². The van der Waals surface area contributed by atoms with Crippen LogP contribution in [0.25, 0.3) is 0 Å². The van der Waals surface area contributed by atoms with Crippen LogP contribution in [0.5, 0.6) is 0 Å². The first-order valence-corrected chi connectivity index (χ1v) is 6.83. The topological polar surface area (TPSA) is 32.7 Å². The van der Waals surface area contributed by atoms with Gasteiger partial charge in [0.15, 0.2) is 0 Å². The van der Waals surface area contributed by atoms with E-state index in [4.69, 9.17) is 4.74 Å². The number of ether oxygens (including phenoxy) is 1. The van der Waals surface area contributed by atoms with Crippen molar-refractivity contribution in [2.75, 3.05) is 31.7 Å². The first-order valence-electron chi connectivity index (χ1n) is 6.83. The molecule has 1 saturated heterocycles. The first-order chi connectivity index (χ1) is 9.11. The largest absolute Gasteiger partial charge is 0.389 e. The third-order valence-corrected chi connectivity index (χ3v) is 3.81. The Hall–Kier alpha value is -1.13. The Bertz CT molecular complexity index is 415. The Labute approximate surface area is 114 Å². The second-order valence-corrected chi connectivity index (χ2v) is 5.27. The van der Waals surface area contributed by atoms with Gasteiger partial charge >= 0.3 is 0 Å². The van der Waals surface area contributed by atoms with Gasteiger partial charge in [-0.15, -0.1) is 0 Å². The lowest BCUT2D eigenvalue weighted by atomic mass is 9.97. The van der Waals surface area contributed by atoms with Crippen LogP contribution < -0.4 is 4.90 Å². The van der Waals surface area contributed by atoms with Crippen molar-refractivity contribution in [3.63, 3.8) is 0 Å². The molecule has 0 radical (unpaired) electrons. The second-order valence-electron chi connectivity index (χ2n) is 5.27. The molecule has 2 rings (SSSR count). The van der Waals surface area contributed by atoms with E-state index in [0.717, 1.165) is 32.5 Å². The van der Waals surface area contributed by atoms with Crippen LogP contribution in [0.4, 0.5) is 10.1 Å². The number of anilines is 1. The van der Waals surface area contributed by atoms with Crippen LogP contribution >= 0.6 is 0 Å². The summed E-state index contributed by atoms with van der Waals surface area (Å²) in [7, 11) is 1.72. The Morgan fingerprint density at radius 2 is 2.11 bits per heavy atom. The molecule has 1 aromatic rings. The maximum Gasteiger partial charge on any atom is 0.146 e. The third kappa shape index (κ3) is 3.45. The summed E-state index contributed by atoms with van der Waals surface area (Å²) >= 11 is 0. The lowest BCUT2D eigenvalue weighted by Crippen LogP contribution is -2.35. The molecule has 0 aromatic heterocycles. The van der Waals surface area contributed by atoms with Crippen LogP contribution in [0.1, 0.15) is 31.4 Å². The number of aliphatic hydroxyl groups is 1. The molecule has 3 nitrogen and oxygen atoms in total. The number of hydrogen-bond donors (Lipinski definition) is 1. The van der Waals surface area contributed by atoms with E-state index in [1.54, 1.807) is 26.2 Å².